The Morgan fingerprint density at radius 2 is 2.22 bits per heavy atom. The van der Waals surface area contributed by atoms with Crippen LogP contribution in [0.15, 0.2) is 34.1 Å². The summed E-state index contributed by atoms with van der Waals surface area (Å²) in [7, 11) is 0. The molecule has 2 heterocycles. The maximum Gasteiger partial charge on any atom is 0.329 e. The van der Waals surface area contributed by atoms with E-state index in [9.17, 15) is 9.59 Å². The SMILES string of the molecule is O=C(O)/C=c1/sc2n(c1=O)Cc1ccccc1N=2. The highest BCUT2D eigenvalue weighted by molar-refractivity contribution is 7.07. The number of hydrogen-bond acceptors (Lipinski definition) is 4. The third-order valence-corrected chi connectivity index (χ3v) is 3.69. The highest BCUT2D eigenvalue weighted by atomic mass is 32.1. The standard InChI is InChI=1S/C12H8N2O3S/c15-10(16)5-9-11(17)14-6-7-3-1-2-4-8(7)13-12(14)18-9/h1-5H,6H2,(H,15,16)/b9-5+. The van der Waals surface area contributed by atoms with Crippen molar-refractivity contribution in [2.75, 3.05) is 0 Å². The topological polar surface area (TPSA) is 71.7 Å². The quantitative estimate of drug-likeness (QED) is 0.674. The van der Waals surface area contributed by atoms with Gasteiger partial charge in [-0.15, -0.1) is 0 Å². The van der Waals surface area contributed by atoms with E-state index in [4.69, 9.17) is 5.11 Å². The van der Waals surface area contributed by atoms with E-state index in [2.05, 4.69) is 4.99 Å². The molecule has 1 aromatic carbocycles. The van der Waals surface area contributed by atoms with Crippen molar-refractivity contribution in [3.8, 4) is 0 Å². The zero-order valence-corrected chi connectivity index (χ0v) is 9.98. The molecule has 1 N–H and O–H groups in total. The van der Waals surface area contributed by atoms with Gasteiger partial charge < -0.3 is 5.11 Å². The molecule has 0 amide bonds. The van der Waals surface area contributed by atoms with E-state index in [0.717, 1.165) is 28.7 Å². The van der Waals surface area contributed by atoms with E-state index in [1.807, 2.05) is 24.3 Å². The molecule has 0 aliphatic carbocycles. The predicted octanol–water partition coefficient (Wildman–Crippen LogP) is 0.0879. The third-order valence-electron chi connectivity index (χ3n) is 2.68. The van der Waals surface area contributed by atoms with Crippen molar-refractivity contribution in [2.24, 2.45) is 4.99 Å². The van der Waals surface area contributed by atoms with E-state index in [1.165, 1.54) is 4.57 Å². The molecule has 0 spiro atoms. The summed E-state index contributed by atoms with van der Waals surface area (Å²) in [5.41, 5.74) is 1.50. The fourth-order valence-electron chi connectivity index (χ4n) is 1.87. The summed E-state index contributed by atoms with van der Waals surface area (Å²) in [6.45, 7) is 0.442. The minimum Gasteiger partial charge on any atom is -0.478 e. The van der Waals surface area contributed by atoms with Gasteiger partial charge in [-0.1, -0.05) is 29.5 Å². The zero-order chi connectivity index (χ0) is 12.7. The van der Waals surface area contributed by atoms with Crippen LogP contribution in [0, 0.1) is 0 Å². The maximum absolute atomic E-state index is 12.0. The van der Waals surface area contributed by atoms with Gasteiger partial charge in [0.1, 0.15) is 4.53 Å². The summed E-state index contributed by atoms with van der Waals surface area (Å²) in [6.07, 6.45) is 0.929. The van der Waals surface area contributed by atoms with Gasteiger partial charge in [-0.2, -0.15) is 0 Å². The normalized spacial score (nSPS) is 13.7. The molecule has 3 rings (SSSR count). The average molecular weight is 260 g/mol. The molecule has 2 aromatic rings. The summed E-state index contributed by atoms with van der Waals surface area (Å²) in [5, 5.41) is 8.70. The van der Waals surface area contributed by atoms with E-state index < -0.39 is 5.97 Å². The highest BCUT2D eigenvalue weighted by Crippen LogP contribution is 2.20. The lowest BCUT2D eigenvalue weighted by atomic mass is 10.1. The fraction of sp³-hybridized carbons (Fsp3) is 0.0833. The highest BCUT2D eigenvalue weighted by Gasteiger charge is 2.13. The first-order valence-corrected chi connectivity index (χ1v) is 6.08. The van der Waals surface area contributed by atoms with Gasteiger partial charge in [0.05, 0.1) is 12.2 Å². The van der Waals surface area contributed by atoms with E-state index >= 15 is 0 Å². The molecule has 0 saturated carbocycles. The van der Waals surface area contributed by atoms with Gasteiger partial charge in [-0.25, -0.2) is 9.79 Å². The second kappa shape index (κ2) is 3.92. The Morgan fingerprint density at radius 1 is 1.44 bits per heavy atom. The first kappa shape index (κ1) is 10.9. The van der Waals surface area contributed by atoms with Crippen LogP contribution in [0.1, 0.15) is 5.56 Å². The van der Waals surface area contributed by atoms with Crippen molar-refractivity contribution in [2.45, 2.75) is 6.54 Å². The van der Waals surface area contributed by atoms with Crippen LogP contribution >= 0.6 is 11.3 Å². The molecule has 1 aromatic heterocycles. The number of carboxylic acid groups (broad SMARTS) is 1. The summed E-state index contributed by atoms with van der Waals surface area (Å²) < 4.78 is 1.70. The fourth-order valence-corrected chi connectivity index (χ4v) is 2.83. The largest absolute Gasteiger partial charge is 0.478 e. The minimum atomic E-state index is -1.12. The lowest BCUT2D eigenvalue weighted by molar-refractivity contribution is -0.129. The molecule has 0 unspecified atom stereocenters. The molecule has 6 heteroatoms. The Hall–Kier alpha value is -2.21. The van der Waals surface area contributed by atoms with E-state index in [-0.39, 0.29) is 10.1 Å². The summed E-state index contributed by atoms with van der Waals surface area (Å²) in [5.74, 6) is -1.12. The van der Waals surface area contributed by atoms with Gasteiger partial charge in [0.2, 0.25) is 0 Å². The van der Waals surface area contributed by atoms with Gasteiger partial charge in [0.25, 0.3) is 5.56 Å². The van der Waals surface area contributed by atoms with Crippen LogP contribution in [0.2, 0.25) is 0 Å². The smallest absolute Gasteiger partial charge is 0.329 e. The van der Waals surface area contributed by atoms with Gasteiger partial charge in [-0.05, 0) is 11.6 Å². The number of benzene rings is 1. The molecule has 0 saturated heterocycles. The van der Waals surface area contributed by atoms with Crippen molar-refractivity contribution in [3.63, 3.8) is 0 Å². The van der Waals surface area contributed by atoms with Crippen molar-refractivity contribution < 1.29 is 9.90 Å². The summed E-state index contributed by atoms with van der Waals surface area (Å²) in [4.78, 5) is 27.5. The van der Waals surface area contributed by atoms with Crippen LogP contribution in [-0.4, -0.2) is 15.6 Å². The van der Waals surface area contributed by atoms with Crippen LogP contribution in [0.3, 0.4) is 0 Å². The number of rotatable bonds is 1. The van der Waals surface area contributed by atoms with Crippen LogP contribution in [0.25, 0.3) is 6.08 Å². The van der Waals surface area contributed by atoms with Crippen molar-refractivity contribution in [1.82, 2.24) is 4.57 Å². The van der Waals surface area contributed by atoms with Gasteiger partial charge in [-0.3, -0.25) is 9.36 Å². The lowest BCUT2D eigenvalue weighted by Gasteiger charge is -2.10. The second-order valence-corrected chi connectivity index (χ2v) is 4.87. The van der Waals surface area contributed by atoms with E-state index in [0.29, 0.717) is 11.3 Å². The van der Waals surface area contributed by atoms with Gasteiger partial charge in [0, 0.05) is 6.08 Å². The molecule has 1 aliphatic rings. The van der Waals surface area contributed by atoms with Crippen LogP contribution in [0.5, 0.6) is 0 Å². The average Bonchev–Trinajstić information content (AvgIpc) is 2.63. The van der Waals surface area contributed by atoms with E-state index in [1.54, 1.807) is 0 Å². The van der Waals surface area contributed by atoms with Crippen LogP contribution in [-0.2, 0) is 11.3 Å². The number of hydrogen-bond donors (Lipinski definition) is 1. The number of nitrogens with zero attached hydrogens (tertiary/aromatic N) is 2. The predicted molar refractivity (Wildman–Crippen MR) is 66.7 cm³/mol. The second-order valence-electron chi connectivity index (χ2n) is 3.86. The monoisotopic (exact) mass is 260 g/mol. The van der Waals surface area contributed by atoms with Crippen molar-refractivity contribution in [1.29, 1.82) is 0 Å². The molecule has 0 fully saturated rings. The Balaban J connectivity index is 2.30. The number of carboxylic acids is 1. The van der Waals surface area contributed by atoms with Crippen molar-refractivity contribution in [3.05, 3.63) is 49.5 Å². The first-order valence-electron chi connectivity index (χ1n) is 5.26. The van der Waals surface area contributed by atoms with Gasteiger partial charge >= 0.3 is 5.97 Å². The number of aliphatic carboxylic acids is 1. The molecule has 0 bridgehead atoms. The lowest BCUT2D eigenvalue weighted by Crippen LogP contribution is -2.33. The molecule has 5 nitrogen and oxygen atoms in total. The third kappa shape index (κ3) is 1.67. The molecule has 1 aliphatic heterocycles. The van der Waals surface area contributed by atoms with Crippen LogP contribution < -0.4 is 14.9 Å². The molecular formula is C12H8N2O3S. The van der Waals surface area contributed by atoms with Crippen molar-refractivity contribution >= 4 is 29.1 Å². The number of thiazole rings is 1. The zero-order valence-electron chi connectivity index (χ0n) is 9.16. The molecular weight excluding hydrogens is 252 g/mol. The number of para-hydroxylation sites is 1. The number of aromatic nitrogens is 1. The van der Waals surface area contributed by atoms with Crippen LogP contribution in [0.4, 0.5) is 5.69 Å². The Labute approximate surface area is 105 Å². The Morgan fingerprint density at radius 3 is 3.00 bits per heavy atom. The number of fused-ring (bicyclic) bond motifs is 2. The molecule has 0 atom stereocenters. The minimum absolute atomic E-state index is 0.203. The first-order chi connectivity index (χ1) is 8.65. The molecule has 0 radical (unpaired) electrons. The van der Waals surface area contributed by atoms with Gasteiger partial charge in [0.15, 0.2) is 4.80 Å². The Kier molecular flexibility index (Phi) is 2.38. The molecule has 18 heavy (non-hydrogen) atoms. The maximum atomic E-state index is 12.0. The molecule has 90 valence electrons. The summed E-state index contributed by atoms with van der Waals surface area (Å²) in [6, 6.07) is 7.56. The Bertz CT molecular complexity index is 817. The number of carbonyl (C=O) groups is 1. The summed E-state index contributed by atoms with van der Waals surface area (Å²) >= 11 is 1.10.